The summed E-state index contributed by atoms with van der Waals surface area (Å²) in [6.45, 7) is 3.84. The van der Waals surface area contributed by atoms with E-state index in [0.717, 1.165) is 19.3 Å². The third-order valence-electron chi connectivity index (χ3n) is 5.78. The summed E-state index contributed by atoms with van der Waals surface area (Å²) in [5, 5.41) is 1.40. The summed E-state index contributed by atoms with van der Waals surface area (Å²) < 4.78 is 5.35. The number of rotatable bonds is 19. The van der Waals surface area contributed by atoms with Gasteiger partial charge in [0.15, 0.2) is 11.2 Å². The van der Waals surface area contributed by atoms with E-state index in [2.05, 4.69) is 12.2 Å². The van der Waals surface area contributed by atoms with E-state index in [1.54, 1.807) is 0 Å². The number of carbonyl (C=O) groups is 3. The lowest BCUT2D eigenvalue weighted by atomic mass is 10.0. The second kappa shape index (κ2) is 18.7. The van der Waals surface area contributed by atoms with Crippen molar-refractivity contribution < 1.29 is 19.1 Å². The lowest BCUT2D eigenvalue weighted by molar-refractivity contribution is -0.123. The van der Waals surface area contributed by atoms with Gasteiger partial charge in [-0.05, 0) is 31.5 Å². The smallest absolute Gasteiger partial charge is 0.338 e. The van der Waals surface area contributed by atoms with Gasteiger partial charge in [-0.25, -0.2) is 4.79 Å². The number of unbranched alkanes of at least 4 members (excludes halogenated alkanes) is 13. The van der Waals surface area contributed by atoms with Gasteiger partial charge in [0.05, 0.1) is 22.9 Å². The SMILES string of the molecule is CCCCCCCCCCCCCCCCOC(=O)c1ccc(Cl)c(NC(=O)C(Cl)C(C)=O)c1. The topological polar surface area (TPSA) is 72.5 Å². The van der Waals surface area contributed by atoms with Gasteiger partial charge in [0, 0.05) is 0 Å². The number of alkyl halides is 1. The molecule has 34 heavy (non-hydrogen) atoms. The lowest BCUT2D eigenvalue weighted by Crippen LogP contribution is -2.29. The van der Waals surface area contributed by atoms with Crippen molar-refractivity contribution in [3.63, 3.8) is 0 Å². The number of ketones is 1. The molecule has 0 aliphatic carbocycles. The summed E-state index contributed by atoms with van der Waals surface area (Å²) in [5.74, 6) is -1.64. The molecule has 0 saturated carbocycles. The zero-order valence-electron chi connectivity index (χ0n) is 20.8. The highest BCUT2D eigenvalue weighted by molar-refractivity contribution is 6.43. The standard InChI is InChI=1S/C27H41Cl2NO4/c1-3-4-5-6-7-8-9-10-11-12-13-14-15-16-19-34-27(33)22-17-18-23(28)24(20-22)30-26(32)25(29)21(2)31/h17-18,20,25H,3-16,19H2,1-2H3,(H,30,32). The van der Waals surface area contributed by atoms with E-state index in [-0.39, 0.29) is 16.3 Å². The number of ether oxygens (including phenoxy) is 1. The van der Waals surface area contributed by atoms with Gasteiger partial charge in [-0.2, -0.15) is 0 Å². The molecule has 0 radical (unpaired) electrons. The van der Waals surface area contributed by atoms with Gasteiger partial charge in [0.2, 0.25) is 5.91 Å². The van der Waals surface area contributed by atoms with Crippen LogP contribution in [0.4, 0.5) is 5.69 Å². The minimum Gasteiger partial charge on any atom is -0.462 e. The molecule has 0 saturated heterocycles. The fourth-order valence-electron chi connectivity index (χ4n) is 3.67. The third-order valence-corrected chi connectivity index (χ3v) is 6.61. The van der Waals surface area contributed by atoms with E-state index in [9.17, 15) is 14.4 Å². The average molecular weight is 515 g/mol. The Labute approximate surface area is 215 Å². The Balaban J connectivity index is 2.15. The number of nitrogens with one attached hydrogen (secondary N) is 1. The Kier molecular flexibility index (Phi) is 16.7. The molecule has 0 aliphatic rings. The maximum absolute atomic E-state index is 12.3. The van der Waals surface area contributed by atoms with Gasteiger partial charge < -0.3 is 10.1 Å². The molecule has 1 aromatic rings. The Morgan fingerprint density at radius 2 is 1.35 bits per heavy atom. The molecule has 192 valence electrons. The van der Waals surface area contributed by atoms with Crippen LogP contribution in [0.5, 0.6) is 0 Å². The number of esters is 1. The zero-order chi connectivity index (χ0) is 25.2. The molecular weight excluding hydrogens is 473 g/mol. The van der Waals surface area contributed by atoms with Crippen molar-refractivity contribution in [2.75, 3.05) is 11.9 Å². The summed E-state index contributed by atoms with van der Waals surface area (Å²) in [5.41, 5.74) is 0.489. The van der Waals surface area contributed by atoms with E-state index >= 15 is 0 Å². The summed E-state index contributed by atoms with van der Waals surface area (Å²) in [6.07, 6.45) is 17.8. The minimum absolute atomic E-state index is 0.213. The quantitative estimate of drug-likeness (QED) is 0.0876. The molecule has 1 rings (SSSR count). The van der Waals surface area contributed by atoms with Gasteiger partial charge in [-0.3, -0.25) is 9.59 Å². The van der Waals surface area contributed by atoms with Crippen LogP contribution in [0.1, 0.15) is 114 Å². The van der Waals surface area contributed by atoms with Crippen molar-refractivity contribution in [3.05, 3.63) is 28.8 Å². The maximum Gasteiger partial charge on any atom is 0.338 e. The van der Waals surface area contributed by atoms with Crippen LogP contribution < -0.4 is 5.32 Å². The highest BCUT2D eigenvalue weighted by Crippen LogP contribution is 2.24. The molecule has 1 unspecified atom stereocenters. The van der Waals surface area contributed by atoms with Crippen LogP contribution in [0.25, 0.3) is 0 Å². The minimum atomic E-state index is -1.31. The summed E-state index contributed by atoms with van der Waals surface area (Å²) >= 11 is 11.8. The van der Waals surface area contributed by atoms with E-state index in [0.29, 0.717) is 6.61 Å². The van der Waals surface area contributed by atoms with Gasteiger partial charge in [0.1, 0.15) is 0 Å². The van der Waals surface area contributed by atoms with Crippen LogP contribution in [-0.4, -0.2) is 29.6 Å². The fraction of sp³-hybridized carbons (Fsp3) is 0.667. The predicted octanol–water partition coefficient (Wildman–Crippen LogP) is 8.11. The number of amides is 1. The monoisotopic (exact) mass is 513 g/mol. The largest absolute Gasteiger partial charge is 0.462 e. The van der Waals surface area contributed by atoms with Crippen molar-refractivity contribution in [2.45, 2.75) is 109 Å². The molecule has 7 heteroatoms. The summed E-state index contributed by atoms with van der Waals surface area (Å²) in [4.78, 5) is 35.5. The Morgan fingerprint density at radius 1 is 0.853 bits per heavy atom. The van der Waals surface area contributed by atoms with Crippen molar-refractivity contribution in [2.24, 2.45) is 0 Å². The lowest BCUT2D eigenvalue weighted by Gasteiger charge is -2.11. The second-order valence-corrected chi connectivity index (χ2v) is 9.73. The molecule has 0 aliphatic heterocycles. The average Bonchev–Trinajstić information content (AvgIpc) is 2.82. The molecule has 0 bridgehead atoms. The molecule has 5 nitrogen and oxygen atoms in total. The maximum atomic E-state index is 12.3. The number of anilines is 1. The Morgan fingerprint density at radius 3 is 1.85 bits per heavy atom. The molecule has 1 atom stereocenters. The first kappa shape index (κ1) is 30.4. The van der Waals surface area contributed by atoms with Crippen molar-refractivity contribution >= 4 is 46.5 Å². The first-order valence-corrected chi connectivity index (χ1v) is 13.6. The molecule has 0 aromatic heterocycles. The van der Waals surface area contributed by atoms with E-state index in [1.165, 1.54) is 95.8 Å². The van der Waals surface area contributed by atoms with Crippen LogP contribution in [0, 0.1) is 0 Å². The van der Waals surface area contributed by atoms with E-state index < -0.39 is 23.0 Å². The normalized spacial score (nSPS) is 11.8. The number of hydrogen-bond acceptors (Lipinski definition) is 4. The van der Waals surface area contributed by atoms with Gasteiger partial charge in [0.25, 0.3) is 0 Å². The van der Waals surface area contributed by atoms with Crippen LogP contribution in [0.3, 0.4) is 0 Å². The van der Waals surface area contributed by atoms with Crippen LogP contribution >= 0.6 is 23.2 Å². The first-order valence-electron chi connectivity index (χ1n) is 12.8. The number of Topliss-reactive ketones (excluding diaryl/α,β-unsaturated/α-hetero) is 1. The van der Waals surface area contributed by atoms with E-state index in [1.807, 2.05) is 0 Å². The van der Waals surface area contributed by atoms with E-state index in [4.69, 9.17) is 27.9 Å². The Bertz CT molecular complexity index is 754. The number of carbonyl (C=O) groups excluding carboxylic acids is 3. The van der Waals surface area contributed by atoms with Crippen LogP contribution in [0.2, 0.25) is 5.02 Å². The first-order chi connectivity index (χ1) is 16.4. The number of halogens is 2. The number of hydrogen-bond donors (Lipinski definition) is 1. The van der Waals surface area contributed by atoms with Gasteiger partial charge >= 0.3 is 5.97 Å². The molecule has 1 amide bonds. The molecule has 0 fully saturated rings. The molecule has 0 spiro atoms. The molecule has 1 N–H and O–H groups in total. The summed E-state index contributed by atoms with van der Waals surface area (Å²) in [7, 11) is 0. The zero-order valence-corrected chi connectivity index (χ0v) is 22.3. The second-order valence-electron chi connectivity index (χ2n) is 8.89. The molecule has 0 heterocycles. The third kappa shape index (κ3) is 13.3. The van der Waals surface area contributed by atoms with Crippen LogP contribution in [-0.2, 0) is 14.3 Å². The fourth-order valence-corrected chi connectivity index (χ4v) is 3.89. The predicted molar refractivity (Wildman–Crippen MR) is 141 cm³/mol. The highest BCUT2D eigenvalue weighted by Gasteiger charge is 2.21. The van der Waals surface area contributed by atoms with Gasteiger partial charge in [-0.15, -0.1) is 11.6 Å². The van der Waals surface area contributed by atoms with Crippen LogP contribution in [0.15, 0.2) is 18.2 Å². The van der Waals surface area contributed by atoms with Crippen molar-refractivity contribution in [1.82, 2.24) is 0 Å². The Hall–Kier alpha value is -1.59. The summed E-state index contributed by atoms with van der Waals surface area (Å²) in [6, 6.07) is 4.46. The number of benzene rings is 1. The van der Waals surface area contributed by atoms with Crippen molar-refractivity contribution in [3.8, 4) is 0 Å². The molecule has 1 aromatic carbocycles. The van der Waals surface area contributed by atoms with Gasteiger partial charge in [-0.1, -0.05) is 102 Å². The molecular formula is C27H41Cl2NO4. The van der Waals surface area contributed by atoms with Crippen molar-refractivity contribution in [1.29, 1.82) is 0 Å². The highest BCUT2D eigenvalue weighted by atomic mass is 35.5.